The smallest absolute Gasteiger partial charge is 0.188 e. The third-order valence-corrected chi connectivity index (χ3v) is 7.44. The van der Waals surface area contributed by atoms with Gasteiger partial charge in [-0.05, 0) is 17.7 Å². The average Bonchev–Trinajstić information content (AvgIpc) is 2.31. The van der Waals surface area contributed by atoms with Crippen molar-refractivity contribution in [3.05, 3.63) is 0 Å². The van der Waals surface area contributed by atoms with E-state index >= 15 is 0 Å². The molecule has 0 bridgehead atoms. The molecule has 1 saturated carbocycles. The minimum Gasteiger partial charge on any atom is -0.329 e. The molecule has 1 saturated heterocycles. The van der Waals surface area contributed by atoms with Gasteiger partial charge < -0.3 is 9.05 Å². The van der Waals surface area contributed by atoms with Gasteiger partial charge in [-0.25, -0.2) is 0 Å². The van der Waals surface area contributed by atoms with Gasteiger partial charge in [0, 0.05) is 12.1 Å². The van der Waals surface area contributed by atoms with Crippen molar-refractivity contribution in [1.29, 1.82) is 0 Å². The summed E-state index contributed by atoms with van der Waals surface area (Å²) in [6.07, 6.45) is 10.7. The Bertz CT molecular complexity index is 263. The van der Waals surface area contributed by atoms with Crippen molar-refractivity contribution in [3.8, 4) is 0 Å². The summed E-state index contributed by atoms with van der Waals surface area (Å²) in [5.41, 5.74) is 0. The van der Waals surface area contributed by atoms with Crippen molar-refractivity contribution in [3.63, 3.8) is 0 Å². The molecule has 4 heteroatoms. The largest absolute Gasteiger partial charge is 0.329 e. The molecule has 2 rings (SSSR count). The van der Waals surface area contributed by atoms with E-state index in [0.29, 0.717) is 5.92 Å². The molecule has 0 aromatic heterocycles. The van der Waals surface area contributed by atoms with Crippen LogP contribution in [0.15, 0.2) is 0 Å². The van der Waals surface area contributed by atoms with Gasteiger partial charge >= 0.3 is 0 Å². The Kier molecular flexibility index (Phi) is 5.48. The molecule has 0 spiro atoms. The second-order valence-corrected chi connectivity index (χ2v) is 9.42. The van der Waals surface area contributed by atoms with E-state index in [1.807, 2.05) is 0 Å². The van der Waals surface area contributed by atoms with E-state index in [-0.39, 0.29) is 0 Å². The molecular weight excluding hydrogens is 251 g/mol. The molecule has 0 unspecified atom stereocenters. The maximum absolute atomic E-state index is 5.86. The highest BCUT2D eigenvalue weighted by atomic mass is 32.5. The standard InChI is InChI=1S/C13H25O2PS/c1-2-16(17)14-10-13(11-15-16)12-8-6-4-3-5-7-9-12/h12-13H,2-11H2,1H3. The second kappa shape index (κ2) is 6.65. The molecule has 2 aliphatic rings. The monoisotopic (exact) mass is 276 g/mol. The lowest BCUT2D eigenvalue weighted by Crippen LogP contribution is -2.29. The molecule has 1 aliphatic carbocycles. The molecule has 2 fully saturated rings. The van der Waals surface area contributed by atoms with Crippen LogP contribution in [-0.4, -0.2) is 19.4 Å². The molecule has 0 aromatic carbocycles. The Morgan fingerprint density at radius 3 is 2.00 bits per heavy atom. The Morgan fingerprint density at radius 2 is 1.47 bits per heavy atom. The highest BCUT2D eigenvalue weighted by molar-refractivity contribution is 8.09. The lowest BCUT2D eigenvalue weighted by molar-refractivity contribution is 0.0709. The van der Waals surface area contributed by atoms with Crippen LogP contribution in [0.1, 0.15) is 51.9 Å². The molecule has 2 nitrogen and oxygen atoms in total. The minimum atomic E-state index is -1.87. The van der Waals surface area contributed by atoms with Crippen LogP contribution < -0.4 is 0 Å². The Hall–Kier alpha value is 0.570. The van der Waals surface area contributed by atoms with Crippen molar-refractivity contribution >= 4 is 18.3 Å². The van der Waals surface area contributed by atoms with Crippen molar-refractivity contribution in [2.75, 3.05) is 19.4 Å². The summed E-state index contributed by atoms with van der Waals surface area (Å²) >= 11 is 5.42. The van der Waals surface area contributed by atoms with Crippen LogP contribution in [0.5, 0.6) is 0 Å². The zero-order valence-electron chi connectivity index (χ0n) is 10.9. The van der Waals surface area contributed by atoms with E-state index in [1.54, 1.807) is 0 Å². The quantitative estimate of drug-likeness (QED) is 0.699. The molecular formula is C13H25O2PS. The Balaban J connectivity index is 1.84. The fourth-order valence-electron chi connectivity index (χ4n) is 2.92. The topological polar surface area (TPSA) is 18.5 Å². The molecule has 100 valence electrons. The molecule has 0 N–H and O–H groups in total. The third-order valence-electron chi connectivity index (χ3n) is 4.17. The zero-order chi connectivity index (χ0) is 12.1. The van der Waals surface area contributed by atoms with Gasteiger partial charge in [-0.2, -0.15) is 0 Å². The SMILES string of the molecule is CCP1(=S)OCC(C2CCCCCCC2)CO1. The predicted octanol–water partition coefficient (Wildman–Crippen LogP) is 4.34. The maximum Gasteiger partial charge on any atom is 0.188 e. The van der Waals surface area contributed by atoms with Gasteiger partial charge in [0.05, 0.1) is 13.2 Å². The van der Waals surface area contributed by atoms with Crippen LogP contribution in [-0.2, 0) is 20.9 Å². The molecule has 17 heavy (non-hydrogen) atoms. The molecule has 1 aliphatic heterocycles. The van der Waals surface area contributed by atoms with Gasteiger partial charge in [-0.15, -0.1) is 0 Å². The maximum atomic E-state index is 5.86. The molecule has 0 amide bonds. The van der Waals surface area contributed by atoms with Crippen molar-refractivity contribution in [2.24, 2.45) is 11.8 Å². The summed E-state index contributed by atoms with van der Waals surface area (Å²) in [5.74, 6) is 1.42. The number of rotatable bonds is 2. The summed E-state index contributed by atoms with van der Waals surface area (Å²) in [7, 11) is 0. The third kappa shape index (κ3) is 4.02. The first-order chi connectivity index (χ1) is 8.23. The van der Waals surface area contributed by atoms with Crippen LogP contribution in [0.25, 0.3) is 0 Å². The van der Waals surface area contributed by atoms with Gasteiger partial charge in [0.1, 0.15) is 0 Å². The number of hydrogen-bond donors (Lipinski definition) is 0. The van der Waals surface area contributed by atoms with Crippen LogP contribution in [0, 0.1) is 11.8 Å². The highest BCUT2D eigenvalue weighted by Crippen LogP contribution is 2.52. The van der Waals surface area contributed by atoms with Crippen molar-refractivity contribution in [2.45, 2.75) is 51.9 Å². The molecule has 1 heterocycles. The Labute approximate surface area is 111 Å². The highest BCUT2D eigenvalue weighted by Gasteiger charge is 2.31. The Morgan fingerprint density at radius 1 is 0.941 bits per heavy atom. The van der Waals surface area contributed by atoms with Crippen molar-refractivity contribution < 1.29 is 9.05 Å². The summed E-state index contributed by atoms with van der Waals surface area (Å²) in [6.45, 7) is 1.93. The van der Waals surface area contributed by atoms with Gasteiger partial charge in [0.15, 0.2) is 6.49 Å². The zero-order valence-corrected chi connectivity index (χ0v) is 12.6. The average molecular weight is 276 g/mol. The van der Waals surface area contributed by atoms with E-state index in [4.69, 9.17) is 20.9 Å². The summed E-state index contributed by atoms with van der Waals surface area (Å²) in [5, 5.41) is 0. The molecule has 0 radical (unpaired) electrons. The summed E-state index contributed by atoms with van der Waals surface area (Å²) in [4.78, 5) is 0. The van der Waals surface area contributed by atoms with E-state index in [1.165, 1.54) is 44.9 Å². The van der Waals surface area contributed by atoms with Gasteiger partial charge in [-0.3, -0.25) is 0 Å². The first-order valence-corrected chi connectivity index (χ1v) is 9.94. The normalized spacial score (nSPS) is 37.4. The van der Waals surface area contributed by atoms with Gasteiger partial charge in [0.2, 0.25) is 0 Å². The fourth-order valence-corrected chi connectivity index (χ4v) is 4.56. The van der Waals surface area contributed by atoms with Crippen LogP contribution in [0.2, 0.25) is 0 Å². The minimum absolute atomic E-state index is 0.607. The predicted molar refractivity (Wildman–Crippen MR) is 76.0 cm³/mol. The first-order valence-electron chi connectivity index (χ1n) is 7.11. The molecule has 0 atom stereocenters. The molecule has 0 aromatic rings. The van der Waals surface area contributed by atoms with E-state index in [0.717, 1.165) is 25.3 Å². The lowest BCUT2D eigenvalue weighted by Gasteiger charge is -2.36. The fraction of sp³-hybridized carbons (Fsp3) is 1.00. The van der Waals surface area contributed by atoms with Crippen LogP contribution in [0.3, 0.4) is 0 Å². The summed E-state index contributed by atoms with van der Waals surface area (Å²) in [6, 6.07) is 0. The first kappa shape index (κ1) is 14.0. The number of hydrogen-bond acceptors (Lipinski definition) is 3. The van der Waals surface area contributed by atoms with E-state index < -0.39 is 6.49 Å². The van der Waals surface area contributed by atoms with E-state index in [2.05, 4.69) is 6.92 Å². The van der Waals surface area contributed by atoms with E-state index in [9.17, 15) is 0 Å². The lowest BCUT2D eigenvalue weighted by atomic mass is 9.82. The van der Waals surface area contributed by atoms with Crippen LogP contribution >= 0.6 is 6.49 Å². The van der Waals surface area contributed by atoms with Crippen LogP contribution in [0.4, 0.5) is 0 Å². The summed E-state index contributed by atoms with van der Waals surface area (Å²) < 4.78 is 11.7. The van der Waals surface area contributed by atoms with Gasteiger partial charge in [-0.1, -0.05) is 51.9 Å². The van der Waals surface area contributed by atoms with Crippen molar-refractivity contribution in [1.82, 2.24) is 0 Å². The van der Waals surface area contributed by atoms with Gasteiger partial charge in [0.25, 0.3) is 0 Å². The second-order valence-electron chi connectivity index (χ2n) is 5.38.